The molecule has 2 aliphatic heterocycles. The Morgan fingerprint density at radius 2 is 1.61 bits per heavy atom. The first kappa shape index (κ1) is 35.5. The zero-order chi connectivity index (χ0) is 28.5. The van der Waals surface area contributed by atoms with Gasteiger partial charge in [0.15, 0.2) is 5.78 Å². The third-order valence-corrected chi connectivity index (χ3v) is 8.03. The molecule has 1 aliphatic carbocycles. The van der Waals surface area contributed by atoms with Crippen LogP contribution in [-0.2, 0) is 0 Å². The van der Waals surface area contributed by atoms with Crippen molar-refractivity contribution >= 4 is 54.7 Å². The van der Waals surface area contributed by atoms with E-state index in [-0.39, 0.29) is 54.1 Å². The normalized spacial score (nSPS) is 17.0. The monoisotopic (exact) mass is 670 g/mol. The van der Waals surface area contributed by atoms with Gasteiger partial charge >= 0.3 is 6.03 Å². The molecular weight excluding hydrogens is 634 g/mol. The van der Waals surface area contributed by atoms with Crippen molar-refractivity contribution in [1.29, 1.82) is 0 Å². The van der Waals surface area contributed by atoms with Gasteiger partial charge in [0.2, 0.25) is 0 Å². The molecule has 0 unspecified atom stereocenters. The molecule has 240 valence electrons. The summed E-state index contributed by atoms with van der Waals surface area (Å²) in [4.78, 5) is 33.2. The van der Waals surface area contributed by atoms with Gasteiger partial charge in [-0.05, 0) is 32.3 Å². The van der Waals surface area contributed by atoms with Crippen LogP contribution in [0.2, 0.25) is 0 Å². The second-order valence-corrected chi connectivity index (χ2v) is 10.9. The number of anilines is 1. The number of aromatic amines is 1. The van der Waals surface area contributed by atoms with Crippen molar-refractivity contribution in [2.45, 2.75) is 0 Å². The largest absolute Gasteiger partial charge is 0.492 e. The van der Waals surface area contributed by atoms with Crippen molar-refractivity contribution in [2.75, 3.05) is 84.9 Å². The minimum absolute atomic E-state index is 0. The number of hydrogen-bond acceptors (Lipinski definition) is 8. The number of fused-ring (bicyclic) bond motifs is 3. The number of carbonyl (C=O) groups excluding carboxylic acids is 2. The SMILES string of the molecule is CN1CCN(CCOc2ccc(-c3[nH]nc4c3C(=O)c3c(NC(=O)NN5CCN(C)CC5)cccc3-4)c(F)c2)CC1.Cl.Cl.Cl. The molecule has 1 aromatic heterocycles. The molecule has 2 fully saturated rings. The van der Waals surface area contributed by atoms with Gasteiger partial charge in [0, 0.05) is 76.1 Å². The lowest BCUT2D eigenvalue weighted by atomic mass is 10.0. The number of piperazine rings is 2. The predicted octanol–water partition coefficient (Wildman–Crippen LogP) is 3.60. The zero-order valence-corrected chi connectivity index (χ0v) is 27.0. The maximum absolute atomic E-state index is 15.3. The average molecular weight is 672 g/mol. The summed E-state index contributed by atoms with van der Waals surface area (Å²) in [6.45, 7) is 8.41. The summed E-state index contributed by atoms with van der Waals surface area (Å²) in [7, 11) is 4.16. The molecule has 2 aromatic carbocycles. The van der Waals surface area contributed by atoms with Crippen LogP contribution in [0.4, 0.5) is 14.9 Å². The van der Waals surface area contributed by atoms with E-state index in [1.165, 1.54) is 6.07 Å². The number of halogens is 4. The second kappa shape index (κ2) is 15.3. The lowest BCUT2D eigenvalue weighted by Crippen LogP contribution is -2.53. The number of rotatable bonds is 7. The number of ketones is 1. The van der Waals surface area contributed by atoms with Crippen molar-refractivity contribution in [3.8, 4) is 28.3 Å². The molecule has 3 aliphatic rings. The number of amides is 2. The van der Waals surface area contributed by atoms with Crippen LogP contribution in [-0.4, -0.2) is 121 Å². The standard InChI is InChI=1S/C29H35FN8O3.3ClH/c1-35-8-12-37(13-9-35)16-17-41-19-6-7-20(22(30)18-19)26-25-27(33-32-26)21-4-3-5-23(24(21)28(25)39)31-29(40)34-38-14-10-36(2)11-15-38;;;/h3-7,18H,8-17H2,1-2H3,(H,32,33)(H2,31,34,40);3*1H. The predicted molar refractivity (Wildman–Crippen MR) is 175 cm³/mol. The topological polar surface area (TPSA) is 109 Å². The van der Waals surface area contributed by atoms with E-state index in [0.717, 1.165) is 45.8 Å². The van der Waals surface area contributed by atoms with Crippen LogP contribution in [0.5, 0.6) is 5.75 Å². The van der Waals surface area contributed by atoms with E-state index < -0.39 is 11.8 Å². The fourth-order valence-electron chi connectivity index (χ4n) is 5.54. The lowest BCUT2D eigenvalue weighted by Gasteiger charge is -2.32. The van der Waals surface area contributed by atoms with E-state index in [1.807, 2.05) is 12.1 Å². The highest BCUT2D eigenvalue weighted by Crippen LogP contribution is 2.43. The van der Waals surface area contributed by atoms with Gasteiger partial charge in [-0.1, -0.05) is 12.1 Å². The van der Waals surface area contributed by atoms with Gasteiger partial charge < -0.3 is 19.9 Å². The highest BCUT2D eigenvalue weighted by atomic mass is 35.5. The Bertz CT molecular complexity index is 1460. The number of urea groups is 1. The number of carbonyl (C=O) groups is 2. The van der Waals surface area contributed by atoms with Crippen LogP contribution >= 0.6 is 37.2 Å². The van der Waals surface area contributed by atoms with Gasteiger partial charge in [-0.15, -0.1) is 37.2 Å². The number of aromatic nitrogens is 2. The molecule has 0 saturated carbocycles. The van der Waals surface area contributed by atoms with Crippen molar-refractivity contribution in [3.63, 3.8) is 0 Å². The fraction of sp³-hybridized carbons (Fsp3) is 0.414. The van der Waals surface area contributed by atoms with Crippen LogP contribution < -0.4 is 15.5 Å². The summed E-state index contributed by atoms with van der Waals surface area (Å²) in [6, 6.07) is 9.46. The first-order valence-electron chi connectivity index (χ1n) is 14.0. The number of nitrogens with zero attached hydrogens (tertiary/aromatic N) is 5. The molecule has 6 rings (SSSR count). The van der Waals surface area contributed by atoms with Crippen LogP contribution in [0, 0.1) is 5.82 Å². The zero-order valence-electron chi connectivity index (χ0n) is 24.6. The minimum atomic E-state index is -0.512. The van der Waals surface area contributed by atoms with Crippen LogP contribution in [0.3, 0.4) is 0 Å². The average Bonchev–Trinajstić information content (AvgIpc) is 3.51. The fourth-order valence-corrected chi connectivity index (χ4v) is 5.54. The maximum atomic E-state index is 15.3. The Morgan fingerprint density at radius 3 is 2.30 bits per heavy atom. The molecule has 3 aromatic rings. The van der Waals surface area contributed by atoms with E-state index in [0.29, 0.717) is 53.6 Å². The molecule has 3 N–H and O–H groups in total. The Hall–Kier alpha value is -2.97. The van der Waals surface area contributed by atoms with Crippen molar-refractivity contribution in [2.24, 2.45) is 0 Å². The number of hydrogen-bond donors (Lipinski definition) is 3. The highest BCUT2D eigenvalue weighted by Gasteiger charge is 2.36. The van der Waals surface area contributed by atoms with Crippen molar-refractivity contribution in [1.82, 2.24) is 35.3 Å². The van der Waals surface area contributed by atoms with E-state index >= 15 is 4.39 Å². The summed E-state index contributed by atoms with van der Waals surface area (Å²) in [6.07, 6.45) is 0. The van der Waals surface area contributed by atoms with Gasteiger partial charge in [-0.3, -0.25) is 20.2 Å². The lowest BCUT2D eigenvalue weighted by molar-refractivity contribution is 0.104. The summed E-state index contributed by atoms with van der Waals surface area (Å²) in [5.74, 6) is -0.396. The second-order valence-electron chi connectivity index (χ2n) is 10.9. The van der Waals surface area contributed by atoms with Gasteiger partial charge in [0.05, 0.1) is 22.5 Å². The first-order chi connectivity index (χ1) is 19.9. The quantitative estimate of drug-likeness (QED) is 0.274. The van der Waals surface area contributed by atoms with Gasteiger partial charge in [0.25, 0.3) is 0 Å². The summed E-state index contributed by atoms with van der Waals surface area (Å²) in [5.41, 5.74) is 5.43. The van der Waals surface area contributed by atoms with E-state index in [2.05, 4.69) is 42.7 Å². The third-order valence-electron chi connectivity index (χ3n) is 8.03. The van der Waals surface area contributed by atoms with E-state index in [1.54, 1.807) is 30.3 Å². The van der Waals surface area contributed by atoms with Crippen molar-refractivity contribution in [3.05, 3.63) is 53.3 Å². The van der Waals surface area contributed by atoms with E-state index in [9.17, 15) is 9.59 Å². The molecule has 2 amide bonds. The number of H-pyrrole nitrogens is 1. The number of benzene rings is 2. The molecule has 0 atom stereocenters. The van der Waals surface area contributed by atoms with Gasteiger partial charge in [-0.2, -0.15) is 5.10 Å². The number of likely N-dealkylation sites (N-methyl/N-ethyl adjacent to an activating group) is 2. The molecule has 0 bridgehead atoms. The molecule has 15 heteroatoms. The number of hydrazine groups is 1. The molecule has 0 radical (unpaired) electrons. The molecular formula is C29H38Cl3FN8O3. The van der Waals surface area contributed by atoms with Gasteiger partial charge in [-0.25, -0.2) is 14.2 Å². The minimum Gasteiger partial charge on any atom is -0.492 e. The molecule has 0 spiro atoms. The Balaban J connectivity index is 0.00000176. The smallest absolute Gasteiger partial charge is 0.333 e. The summed E-state index contributed by atoms with van der Waals surface area (Å²) in [5, 5.41) is 11.9. The van der Waals surface area contributed by atoms with Crippen LogP contribution in [0.1, 0.15) is 15.9 Å². The van der Waals surface area contributed by atoms with Gasteiger partial charge in [0.1, 0.15) is 23.9 Å². The number of ether oxygens (including phenoxy) is 1. The Labute approximate surface area is 274 Å². The number of nitrogens with one attached hydrogen (secondary N) is 3. The van der Waals surface area contributed by atoms with Crippen LogP contribution in [0.25, 0.3) is 22.5 Å². The molecule has 2 saturated heterocycles. The summed E-state index contributed by atoms with van der Waals surface area (Å²) < 4.78 is 21.2. The molecule has 11 nitrogen and oxygen atoms in total. The maximum Gasteiger partial charge on any atom is 0.333 e. The molecule has 3 heterocycles. The van der Waals surface area contributed by atoms with Crippen LogP contribution in [0.15, 0.2) is 36.4 Å². The Morgan fingerprint density at radius 1 is 0.932 bits per heavy atom. The van der Waals surface area contributed by atoms with E-state index in [4.69, 9.17) is 4.74 Å². The highest BCUT2D eigenvalue weighted by molar-refractivity contribution is 6.26. The Kier molecular flexibility index (Phi) is 12.4. The van der Waals surface area contributed by atoms with Crippen molar-refractivity contribution < 1.29 is 18.7 Å². The summed E-state index contributed by atoms with van der Waals surface area (Å²) >= 11 is 0. The third kappa shape index (κ3) is 7.45. The molecule has 44 heavy (non-hydrogen) atoms. The first-order valence-corrected chi connectivity index (χ1v) is 14.0.